The van der Waals surface area contributed by atoms with Crippen molar-refractivity contribution in [3.05, 3.63) is 23.2 Å². The highest BCUT2D eigenvalue weighted by Gasteiger charge is 2.00. The number of aromatic hydroxyl groups is 1. The minimum Gasteiger partial charge on any atom is -0.506 e. The Kier molecular flexibility index (Phi) is 2.97. The predicted octanol–water partition coefficient (Wildman–Crippen LogP) is 1.54. The molecule has 1 aromatic rings. The normalized spacial score (nSPS) is 9.62. The number of halogens is 1. The summed E-state index contributed by atoms with van der Waals surface area (Å²) in [5.74, 6) is -0.980. The molecule has 0 saturated heterocycles. The average Bonchev–Trinajstić information content (AvgIpc) is 2.07. The molecule has 70 valence electrons. The zero-order chi connectivity index (χ0) is 9.84. The van der Waals surface area contributed by atoms with Crippen molar-refractivity contribution in [2.45, 2.75) is 0 Å². The Bertz CT molecular complexity index is 327. The summed E-state index contributed by atoms with van der Waals surface area (Å²) in [6, 6.07) is 4.40. The quantitative estimate of drug-likeness (QED) is 0.649. The van der Waals surface area contributed by atoms with Crippen molar-refractivity contribution in [3.63, 3.8) is 0 Å². The number of carbonyl (C=O) groups is 1. The summed E-state index contributed by atoms with van der Waals surface area (Å²) in [5.41, 5.74) is 0.560. The first-order valence-corrected chi connectivity index (χ1v) is 3.91. The number of hydrogen-bond acceptors (Lipinski definition) is 3. The lowest BCUT2D eigenvalue weighted by molar-refractivity contribution is -0.134. The lowest BCUT2D eigenvalue weighted by Gasteiger charge is -2.04. The molecule has 0 aliphatic heterocycles. The van der Waals surface area contributed by atoms with Crippen molar-refractivity contribution in [1.82, 2.24) is 0 Å². The molecule has 5 heteroatoms. The third-order valence-corrected chi connectivity index (χ3v) is 1.69. The number of carboxylic acid groups (broad SMARTS) is 1. The first-order valence-electron chi connectivity index (χ1n) is 3.54. The Balaban J connectivity index is 2.68. The van der Waals surface area contributed by atoms with Gasteiger partial charge in [-0.25, -0.2) is 0 Å². The molecule has 4 nitrogen and oxygen atoms in total. The summed E-state index contributed by atoms with van der Waals surface area (Å²) in [4.78, 5) is 10.2. The number of aliphatic carboxylic acids is 1. The maximum atomic E-state index is 10.2. The van der Waals surface area contributed by atoms with Gasteiger partial charge in [-0.2, -0.15) is 0 Å². The number of benzene rings is 1. The van der Waals surface area contributed by atoms with Crippen LogP contribution in [0.4, 0.5) is 5.69 Å². The van der Waals surface area contributed by atoms with Gasteiger partial charge in [0.2, 0.25) is 0 Å². The summed E-state index contributed by atoms with van der Waals surface area (Å²) in [7, 11) is 0. The van der Waals surface area contributed by atoms with E-state index in [0.717, 1.165) is 0 Å². The van der Waals surface area contributed by atoms with Gasteiger partial charge in [0.25, 0.3) is 0 Å². The van der Waals surface area contributed by atoms with Gasteiger partial charge in [-0.1, -0.05) is 11.6 Å². The molecule has 0 heterocycles. The van der Waals surface area contributed by atoms with E-state index in [1.807, 2.05) is 0 Å². The molecule has 13 heavy (non-hydrogen) atoms. The Labute approximate surface area is 79.8 Å². The van der Waals surface area contributed by atoms with E-state index in [-0.39, 0.29) is 17.3 Å². The highest BCUT2D eigenvalue weighted by Crippen LogP contribution is 2.25. The SMILES string of the molecule is O=C(O)CNc1ccc(O)c(Cl)c1. The van der Waals surface area contributed by atoms with E-state index < -0.39 is 5.97 Å². The predicted molar refractivity (Wildman–Crippen MR) is 49.2 cm³/mol. The van der Waals surface area contributed by atoms with Gasteiger partial charge in [0.15, 0.2) is 0 Å². The molecule has 0 radical (unpaired) electrons. The zero-order valence-corrected chi connectivity index (χ0v) is 7.38. The topological polar surface area (TPSA) is 69.6 Å². The Hall–Kier alpha value is -1.42. The Morgan fingerprint density at radius 2 is 2.23 bits per heavy atom. The second-order valence-electron chi connectivity index (χ2n) is 2.41. The molecular formula is C8H8ClNO3. The number of phenolic OH excluding ortho intramolecular Hbond substituents is 1. The highest BCUT2D eigenvalue weighted by atomic mass is 35.5. The minimum absolute atomic E-state index is 0.0254. The summed E-state index contributed by atoms with van der Waals surface area (Å²) in [6.45, 7) is -0.179. The fourth-order valence-electron chi connectivity index (χ4n) is 0.795. The molecule has 0 aromatic heterocycles. The number of phenols is 1. The number of hydrogen-bond donors (Lipinski definition) is 3. The lowest BCUT2D eigenvalue weighted by Crippen LogP contribution is -2.11. The van der Waals surface area contributed by atoms with E-state index in [9.17, 15) is 4.79 Å². The van der Waals surface area contributed by atoms with E-state index in [4.69, 9.17) is 21.8 Å². The Morgan fingerprint density at radius 3 is 2.77 bits per heavy atom. The number of nitrogens with one attached hydrogen (secondary N) is 1. The van der Waals surface area contributed by atoms with Crippen molar-refractivity contribution in [2.75, 3.05) is 11.9 Å². The fraction of sp³-hybridized carbons (Fsp3) is 0.125. The van der Waals surface area contributed by atoms with E-state index in [1.165, 1.54) is 12.1 Å². The van der Waals surface area contributed by atoms with Gasteiger partial charge in [-0.15, -0.1) is 0 Å². The van der Waals surface area contributed by atoms with Gasteiger partial charge in [0, 0.05) is 5.69 Å². The van der Waals surface area contributed by atoms with Gasteiger partial charge in [0.1, 0.15) is 12.3 Å². The lowest BCUT2D eigenvalue weighted by atomic mass is 10.3. The molecular weight excluding hydrogens is 194 g/mol. The molecule has 1 aromatic carbocycles. The minimum atomic E-state index is -0.954. The third-order valence-electron chi connectivity index (χ3n) is 1.39. The van der Waals surface area contributed by atoms with Crippen LogP contribution < -0.4 is 5.32 Å². The molecule has 0 spiro atoms. The number of carboxylic acids is 1. The molecule has 0 atom stereocenters. The van der Waals surface area contributed by atoms with Crippen molar-refractivity contribution in [3.8, 4) is 5.75 Å². The molecule has 1 rings (SSSR count). The van der Waals surface area contributed by atoms with Gasteiger partial charge in [0.05, 0.1) is 5.02 Å². The van der Waals surface area contributed by atoms with Crippen LogP contribution in [0.1, 0.15) is 0 Å². The van der Waals surface area contributed by atoms with Crippen molar-refractivity contribution < 1.29 is 15.0 Å². The van der Waals surface area contributed by atoms with Gasteiger partial charge < -0.3 is 15.5 Å². The monoisotopic (exact) mass is 201 g/mol. The van der Waals surface area contributed by atoms with Crippen molar-refractivity contribution >= 4 is 23.3 Å². The standard InChI is InChI=1S/C8H8ClNO3/c9-6-3-5(1-2-7(6)11)10-4-8(12)13/h1-3,10-11H,4H2,(H,12,13). The maximum Gasteiger partial charge on any atom is 0.322 e. The molecule has 0 aliphatic rings. The highest BCUT2D eigenvalue weighted by molar-refractivity contribution is 6.32. The van der Waals surface area contributed by atoms with Crippen LogP contribution in [0.3, 0.4) is 0 Å². The van der Waals surface area contributed by atoms with Gasteiger partial charge >= 0.3 is 5.97 Å². The van der Waals surface area contributed by atoms with Crippen LogP contribution >= 0.6 is 11.6 Å². The first-order chi connectivity index (χ1) is 6.09. The van der Waals surface area contributed by atoms with Crippen molar-refractivity contribution in [2.24, 2.45) is 0 Å². The molecule has 0 bridgehead atoms. The number of anilines is 1. The Morgan fingerprint density at radius 1 is 1.54 bits per heavy atom. The van der Waals surface area contributed by atoms with E-state index in [1.54, 1.807) is 6.07 Å². The molecule has 0 amide bonds. The van der Waals surface area contributed by atoms with Gasteiger partial charge in [-0.05, 0) is 18.2 Å². The number of rotatable bonds is 3. The largest absolute Gasteiger partial charge is 0.506 e. The van der Waals surface area contributed by atoms with Crippen LogP contribution in [-0.4, -0.2) is 22.7 Å². The smallest absolute Gasteiger partial charge is 0.322 e. The maximum absolute atomic E-state index is 10.2. The van der Waals surface area contributed by atoms with Crippen LogP contribution in [0.15, 0.2) is 18.2 Å². The average molecular weight is 202 g/mol. The molecule has 0 saturated carbocycles. The second kappa shape index (κ2) is 4.00. The van der Waals surface area contributed by atoms with Crippen molar-refractivity contribution in [1.29, 1.82) is 0 Å². The molecule has 0 aliphatic carbocycles. The molecule has 0 fully saturated rings. The summed E-state index contributed by atoms with van der Waals surface area (Å²) in [6.07, 6.45) is 0. The first kappa shape index (κ1) is 9.67. The van der Waals surface area contributed by atoms with Crippen LogP contribution in [0.25, 0.3) is 0 Å². The van der Waals surface area contributed by atoms with E-state index >= 15 is 0 Å². The fourth-order valence-corrected chi connectivity index (χ4v) is 0.975. The van der Waals surface area contributed by atoms with E-state index in [0.29, 0.717) is 5.69 Å². The molecule has 0 unspecified atom stereocenters. The van der Waals surface area contributed by atoms with Crippen LogP contribution in [0.5, 0.6) is 5.75 Å². The summed E-state index contributed by atoms with van der Waals surface area (Å²) in [5, 5.41) is 20.2. The summed E-state index contributed by atoms with van der Waals surface area (Å²) >= 11 is 5.59. The molecule has 3 N–H and O–H groups in total. The summed E-state index contributed by atoms with van der Waals surface area (Å²) < 4.78 is 0. The van der Waals surface area contributed by atoms with Gasteiger partial charge in [-0.3, -0.25) is 4.79 Å². The zero-order valence-electron chi connectivity index (χ0n) is 6.62. The third kappa shape index (κ3) is 2.83. The van der Waals surface area contributed by atoms with Crippen LogP contribution in [0.2, 0.25) is 5.02 Å². The second-order valence-corrected chi connectivity index (χ2v) is 2.82. The van der Waals surface area contributed by atoms with Crippen LogP contribution in [-0.2, 0) is 4.79 Å². The van der Waals surface area contributed by atoms with E-state index in [2.05, 4.69) is 5.32 Å². The van der Waals surface area contributed by atoms with Crippen LogP contribution in [0, 0.1) is 0 Å².